The molecule has 1 aromatic rings. The maximum Gasteiger partial charge on any atom is 0.246 e. The van der Waals surface area contributed by atoms with E-state index in [1.54, 1.807) is 12.1 Å². The summed E-state index contributed by atoms with van der Waals surface area (Å²) < 4.78 is 27.6. The lowest BCUT2D eigenvalue weighted by atomic mass is 9.85. The Morgan fingerprint density at radius 3 is 2.25 bits per heavy atom. The molecule has 0 radical (unpaired) electrons. The van der Waals surface area contributed by atoms with Crippen LogP contribution in [0, 0.1) is 5.92 Å². The number of nitrogens with zero attached hydrogens (tertiary/aromatic N) is 1. The fourth-order valence-corrected chi connectivity index (χ4v) is 5.67. The van der Waals surface area contributed by atoms with Crippen LogP contribution < -0.4 is 0 Å². The second-order valence-electron chi connectivity index (χ2n) is 4.95. The van der Waals surface area contributed by atoms with Gasteiger partial charge in [0.25, 0.3) is 0 Å². The molecule has 0 bridgehead atoms. The molecule has 3 nitrogen and oxygen atoms in total. The Morgan fingerprint density at radius 2 is 1.85 bits per heavy atom. The summed E-state index contributed by atoms with van der Waals surface area (Å²) in [4.78, 5) is 0.00482. The molecule has 0 N–H and O–H groups in total. The topological polar surface area (TPSA) is 37.4 Å². The van der Waals surface area contributed by atoms with Crippen LogP contribution in [0.1, 0.15) is 26.2 Å². The highest BCUT2D eigenvalue weighted by Gasteiger charge is 2.31. The van der Waals surface area contributed by atoms with Crippen LogP contribution in [0.4, 0.5) is 0 Å². The van der Waals surface area contributed by atoms with Crippen LogP contribution >= 0.6 is 39.1 Å². The van der Waals surface area contributed by atoms with Gasteiger partial charge in [-0.2, -0.15) is 4.31 Å². The first-order chi connectivity index (χ1) is 9.36. The first kappa shape index (κ1) is 16.6. The molecule has 7 heteroatoms. The molecule has 2 rings (SSSR count). The van der Waals surface area contributed by atoms with Gasteiger partial charge in [-0.25, -0.2) is 8.42 Å². The van der Waals surface area contributed by atoms with E-state index in [4.69, 9.17) is 23.2 Å². The highest BCUT2D eigenvalue weighted by atomic mass is 79.9. The third kappa shape index (κ3) is 3.33. The quantitative estimate of drug-likeness (QED) is 0.725. The van der Waals surface area contributed by atoms with Gasteiger partial charge in [-0.1, -0.05) is 52.5 Å². The van der Waals surface area contributed by atoms with Gasteiger partial charge in [0.2, 0.25) is 10.0 Å². The lowest BCUT2D eigenvalue weighted by molar-refractivity contribution is 0.250. The average molecular weight is 401 g/mol. The average Bonchev–Trinajstić information content (AvgIpc) is 2.24. The van der Waals surface area contributed by atoms with E-state index in [2.05, 4.69) is 15.9 Å². The number of hydrogen-bond acceptors (Lipinski definition) is 2. The molecule has 0 unspecified atom stereocenters. The fourth-order valence-electron chi connectivity index (χ4n) is 2.27. The number of halogens is 3. The summed E-state index contributed by atoms with van der Waals surface area (Å²) >= 11 is 15.4. The highest BCUT2D eigenvalue weighted by molar-refractivity contribution is 9.10. The van der Waals surface area contributed by atoms with E-state index in [0.717, 1.165) is 12.8 Å². The van der Waals surface area contributed by atoms with Gasteiger partial charge in [0.15, 0.2) is 0 Å². The molecule has 0 aromatic heterocycles. The lowest BCUT2D eigenvalue weighted by Crippen LogP contribution is -2.37. The molecule has 20 heavy (non-hydrogen) atoms. The van der Waals surface area contributed by atoms with Crippen LogP contribution in [0.3, 0.4) is 0 Å². The first-order valence-electron chi connectivity index (χ1n) is 6.51. The third-order valence-electron chi connectivity index (χ3n) is 3.60. The van der Waals surface area contributed by atoms with Crippen LogP contribution in [-0.4, -0.2) is 25.8 Å². The molecule has 0 saturated heterocycles. The van der Waals surface area contributed by atoms with E-state index in [1.165, 1.54) is 10.7 Å². The molecule has 112 valence electrons. The normalized spacial score (nSPS) is 16.4. The summed E-state index contributed by atoms with van der Waals surface area (Å²) in [5.41, 5.74) is 0. The van der Waals surface area contributed by atoms with E-state index in [1.807, 2.05) is 6.92 Å². The molecule has 0 heterocycles. The van der Waals surface area contributed by atoms with E-state index >= 15 is 0 Å². The summed E-state index contributed by atoms with van der Waals surface area (Å²) in [5.74, 6) is 0.456. The minimum Gasteiger partial charge on any atom is -0.207 e. The van der Waals surface area contributed by atoms with Crippen molar-refractivity contribution in [3.63, 3.8) is 0 Å². The summed E-state index contributed by atoms with van der Waals surface area (Å²) in [6.45, 7) is 2.79. The predicted molar refractivity (Wildman–Crippen MR) is 85.9 cm³/mol. The van der Waals surface area contributed by atoms with E-state index < -0.39 is 10.0 Å². The molecule has 1 aliphatic carbocycles. The maximum absolute atomic E-state index is 12.7. The summed E-state index contributed by atoms with van der Waals surface area (Å²) in [5, 5.41) is 0.299. The Labute approximate surface area is 138 Å². The zero-order valence-electron chi connectivity index (χ0n) is 11.1. The van der Waals surface area contributed by atoms with Gasteiger partial charge in [-0.3, -0.25) is 0 Å². The molecule has 1 saturated carbocycles. The summed E-state index contributed by atoms with van der Waals surface area (Å²) in [6.07, 6.45) is 3.36. The molecule has 1 aromatic carbocycles. The number of hydrogen-bond donors (Lipinski definition) is 0. The van der Waals surface area contributed by atoms with Crippen molar-refractivity contribution >= 4 is 49.2 Å². The maximum atomic E-state index is 12.7. The monoisotopic (exact) mass is 399 g/mol. The van der Waals surface area contributed by atoms with Gasteiger partial charge >= 0.3 is 0 Å². The van der Waals surface area contributed by atoms with E-state index in [9.17, 15) is 8.42 Å². The second kappa shape index (κ2) is 6.53. The van der Waals surface area contributed by atoms with Crippen molar-refractivity contribution in [3.05, 3.63) is 26.7 Å². The molecule has 1 aliphatic rings. The Morgan fingerprint density at radius 1 is 1.30 bits per heavy atom. The van der Waals surface area contributed by atoms with Crippen molar-refractivity contribution in [1.29, 1.82) is 0 Å². The van der Waals surface area contributed by atoms with Crippen LogP contribution in [-0.2, 0) is 10.0 Å². The van der Waals surface area contributed by atoms with Gasteiger partial charge in [-0.15, -0.1) is 0 Å². The zero-order valence-corrected chi connectivity index (χ0v) is 15.0. The van der Waals surface area contributed by atoms with Crippen LogP contribution in [0.25, 0.3) is 0 Å². The number of rotatable bonds is 5. The summed E-state index contributed by atoms with van der Waals surface area (Å²) in [7, 11) is -3.65. The first-order valence-corrected chi connectivity index (χ1v) is 9.49. The largest absolute Gasteiger partial charge is 0.246 e. The second-order valence-corrected chi connectivity index (χ2v) is 8.56. The van der Waals surface area contributed by atoms with Crippen molar-refractivity contribution < 1.29 is 8.42 Å². The smallest absolute Gasteiger partial charge is 0.207 e. The zero-order chi connectivity index (χ0) is 14.9. The van der Waals surface area contributed by atoms with Crippen molar-refractivity contribution in [1.82, 2.24) is 4.31 Å². The van der Waals surface area contributed by atoms with Crippen LogP contribution in [0.15, 0.2) is 21.5 Å². The van der Waals surface area contributed by atoms with Crippen molar-refractivity contribution in [2.45, 2.75) is 31.1 Å². The molecule has 0 spiro atoms. The van der Waals surface area contributed by atoms with Crippen LogP contribution in [0.5, 0.6) is 0 Å². The van der Waals surface area contributed by atoms with E-state index in [-0.39, 0.29) is 14.9 Å². The third-order valence-corrected chi connectivity index (χ3v) is 6.92. The number of benzene rings is 1. The molecule has 0 amide bonds. The molecule has 1 fully saturated rings. The van der Waals surface area contributed by atoms with Gasteiger partial charge in [0.1, 0.15) is 4.90 Å². The van der Waals surface area contributed by atoms with Gasteiger partial charge < -0.3 is 0 Å². The minimum absolute atomic E-state index is 0.00482. The van der Waals surface area contributed by atoms with Gasteiger partial charge in [-0.05, 0) is 30.9 Å². The van der Waals surface area contributed by atoms with E-state index in [0.29, 0.717) is 23.5 Å². The summed E-state index contributed by atoms with van der Waals surface area (Å²) in [6, 6.07) is 3.11. The lowest BCUT2D eigenvalue weighted by Gasteiger charge is -2.31. The fraction of sp³-hybridized carbons (Fsp3) is 0.538. The Kier molecular flexibility index (Phi) is 5.40. The number of sulfonamides is 1. The van der Waals surface area contributed by atoms with Crippen molar-refractivity contribution in [2.75, 3.05) is 13.1 Å². The predicted octanol–water partition coefficient (Wildman–Crippen LogP) is 4.57. The van der Waals surface area contributed by atoms with Crippen LogP contribution in [0.2, 0.25) is 10.0 Å². The van der Waals surface area contributed by atoms with Gasteiger partial charge in [0, 0.05) is 17.6 Å². The van der Waals surface area contributed by atoms with Crippen molar-refractivity contribution in [3.8, 4) is 0 Å². The molecule has 0 atom stereocenters. The molecular formula is C13H16BrCl2NO2S. The Bertz CT molecular complexity index is 579. The standard InChI is InChI=1S/C13H16BrCl2NO2S/c1-2-17(8-9-4-3-5-9)20(18,19)13-11(15)6-10(14)7-12(13)16/h6-7,9H,2-5,8H2,1H3. The van der Waals surface area contributed by atoms with Gasteiger partial charge in [0.05, 0.1) is 10.0 Å². The Hall–Kier alpha value is 0.190. The highest BCUT2D eigenvalue weighted by Crippen LogP contribution is 2.36. The Balaban J connectivity index is 2.37. The molecular weight excluding hydrogens is 385 g/mol. The minimum atomic E-state index is -3.65. The van der Waals surface area contributed by atoms with Crippen molar-refractivity contribution in [2.24, 2.45) is 5.92 Å². The molecule has 0 aliphatic heterocycles. The SMILES string of the molecule is CCN(CC1CCC1)S(=O)(=O)c1c(Cl)cc(Br)cc1Cl.